The molecule has 6 nitrogen and oxygen atoms in total. The summed E-state index contributed by atoms with van der Waals surface area (Å²) in [6, 6.07) is 13.1. The summed E-state index contributed by atoms with van der Waals surface area (Å²) >= 11 is 0. The van der Waals surface area contributed by atoms with Crippen molar-refractivity contribution in [1.82, 2.24) is 5.32 Å². The van der Waals surface area contributed by atoms with Crippen LogP contribution < -0.4 is 24.3 Å². The average Bonchev–Trinajstić information content (AvgIpc) is 3.09. The molecule has 0 bridgehead atoms. The van der Waals surface area contributed by atoms with Crippen LogP contribution in [-0.2, 0) is 11.2 Å². The zero-order valence-electron chi connectivity index (χ0n) is 13.0. The molecular weight excluding hydrogens is 310 g/mol. The Kier molecular flexibility index (Phi) is 3.86. The van der Waals surface area contributed by atoms with Gasteiger partial charge in [-0.05, 0) is 36.2 Å². The summed E-state index contributed by atoms with van der Waals surface area (Å²) in [4.78, 5) is 12.2. The molecule has 0 saturated carbocycles. The van der Waals surface area contributed by atoms with Crippen molar-refractivity contribution in [3.05, 3.63) is 48.0 Å². The Hall–Kier alpha value is -2.89. The molecule has 2 aromatic rings. The van der Waals surface area contributed by atoms with Gasteiger partial charge in [0, 0.05) is 6.54 Å². The Bertz CT molecular complexity index is 761. The third-order valence-electron chi connectivity index (χ3n) is 3.95. The number of fused-ring (bicyclic) bond motifs is 2. The molecule has 6 heteroatoms. The van der Waals surface area contributed by atoms with E-state index in [9.17, 15) is 4.79 Å². The SMILES string of the molecule is O=C(NCCc1ccc2c(c1)OCO2)C1COc2ccccc2O1. The molecule has 0 aliphatic carbocycles. The van der Waals surface area contributed by atoms with E-state index in [0.717, 1.165) is 17.1 Å². The minimum Gasteiger partial charge on any atom is -0.485 e. The largest absolute Gasteiger partial charge is 0.485 e. The van der Waals surface area contributed by atoms with E-state index < -0.39 is 6.10 Å². The molecular formula is C18H17NO5. The van der Waals surface area contributed by atoms with E-state index in [-0.39, 0.29) is 19.3 Å². The molecule has 1 amide bonds. The first kappa shape index (κ1) is 14.7. The maximum absolute atomic E-state index is 12.2. The molecule has 24 heavy (non-hydrogen) atoms. The van der Waals surface area contributed by atoms with Crippen LogP contribution in [0, 0.1) is 0 Å². The number of para-hydroxylation sites is 2. The van der Waals surface area contributed by atoms with Crippen molar-refractivity contribution in [2.75, 3.05) is 19.9 Å². The lowest BCUT2D eigenvalue weighted by Gasteiger charge is -2.25. The summed E-state index contributed by atoms with van der Waals surface area (Å²) in [5.41, 5.74) is 1.07. The van der Waals surface area contributed by atoms with E-state index in [0.29, 0.717) is 24.5 Å². The van der Waals surface area contributed by atoms with Gasteiger partial charge in [0.05, 0.1) is 0 Å². The minimum absolute atomic E-state index is 0.176. The molecule has 0 radical (unpaired) electrons. The summed E-state index contributed by atoms with van der Waals surface area (Å²) in [5, 5.41) is 2.88. The molecule has 1 N–H and O–H groups in total. The second kappa shape index (κ2) is 6.31. The molecule has 0 fully saturated rings. The monoisotopic (exact) mass is 327 g/mol. The van der Waals surface area contributed by atoms with Crippen molar-refractivity contribution in [3.8, 4) is 23.0 Å². The quantitative estimate of drug-likeness (QED) is 0.929. The molecule has 1 unspecified atom stereocenters. The van der Waals surface area contributed by atoms with Gasteiger partial charge in [0.1, 0.15) is 6.61 Å². The molecule has 2 aromatic carbocycles. The van der Waals surface area contributed by atoms with E-state index in [2.05, 4.69) is 5.32 Å². The van der Waals surface area contributed by atoms with Crippen molar-refractivity contribution < 1.29 is 23.7 Å². The number of amides is 1. The molecule has 0 saturated heterocycles. The number of carbonyl (C=O) groups is 1. The normalized spacial score (nSPS) is 17.4. The Labute approximate surface area is 139 Å². The molecule has 1 atom stereocenters. The Morgan fingerprint density at radius 1 is 1.00 bits per heavy atom. The highest BCUT2D eigenvalue weighted by Crippen LogP contribution is 2.32. The van der Waals surface area contributed by atoms with E-state index in [4.69, 9.17) is 18.9 Å². The smallest absolute Gasteiger partial charge is 0.264 e. The third kappa shape index (κ3) is 2.95. The summed E-state index contributed by atoms with van der Waals surface area (Å²) in [7, 11) is 0. The molecule has 4 rings (SSSR count). The first-order chi connectivity index (χ1) is 11.8. The van der Waals surface area contributed by atoms with Crippen LogP contribution in [0.25, 0.3) is 0 Å². The standard InChI is InChI=1S/C18H17NO5/c20-18(17-10-21-13-3-1-2-4-15(13)24-17)19-8-7-12-5-6-14-16(9-12)23-11-22-14/h1-6,9,17H,7-8,10-11H2,(H,19,20). The number of hydrogen-bond acceptors (Lipinski definition) is 5. The highest BCUT2D eigenvalue weighted by atomic mass is 16.7. The maximum atomic E-state index is 12.2. The van der Waals surface area contributed by atoms with Crippen molar-refractivity contribution in [1.29, 1.82) is 0 Å². The fourth-order valence-electron chi connectivity index (χ4n) is 2.69. The fourth-order valence-corrected chi connectivity index (χ4v) is 2.69. The van der Waals surface area contributed by atoms with Crippen LogP contribution in [0.4, 0.5) is 0 Å². The highest BCUT2D eigenvalue weighted by Gasteiger charge is 2.26. The summed E-state index contributed by atoms with van der Waals surface area (Å²) in [5.74, 6) is 2.60. The zero-order valence-corrected chi connectivity index (χ0v) is 13.0. The van der Waals surface area contributed by atoms with Crippen molar-refractivity contribution >= 4 is 5.91 Å². The lowest BCUT2D eigenvalue weighted by molar-refractivity contribution is -0.130. The molecule has 0 aromatic heterocycles. The van der Waals surface area contributed by atoms with E-state index >= 15 is 0 Å². The van der Waals surface area contributed by atoms with Crippen LogP contribution in [0.5, 0.6) is 23.0 Å². The van der Waals surface area contributed by atoms with Crippen LogP contribution in [0.15, 0.2) is 42.5 Å². The minimum atomic E-state index is -0.628. The van der Waals surface area contributed by atoms with Crippen molar-refractivity contribution in [3.63, 3.8) is 0 Å². The van der Waals surface area contributed by atoms with Gasteiger partial charge in [0.25, 0.3) is 5.91 Å². The number of hydrogen-bond donors (Lipinski definition) is 1. The summed E-state index contributed by atoms with van der Waals surface area (Å²) in [6.45, 7) is 0.989. The number of carbonyl (C=O) groups excluding carboxylic acids is 1. The fraction of sp³-hybridized carbons (Fsp3) is 0.278. The van der Waals surface area contributed by atoms with Gasteiger partial charge in [-0.2, -0.15) is 0 Å². The van der Waals surface area contributed by atoms with E-state index in [1.165, 1.54) is 0 Å². The predicted molar refractivity (Wildman–Crippen MR) is 85.6 cm³/mol. The van der Waals surface area contributed by atoms with E-state index in [1.54, 1.807) is 6.07 Å². The van der Waals surface area contributed by atoms with E-state index in [1.807, 2.05) is 36.4 Å². The second-order valence-electron chi connectivity index (χ2n) is 5.59. The van der Waals surface area contributed by atoms with Gasteiger partial charge < -0.3 is 24.3 Å². The van der Waals surface area contributed by atoms with Gasteiger partial charge >= 0.3 is 0 Å². The third-order valence-corrected chi connectivity index (χ3v) is 3.95. The first-order valence-corrected chi connectivity index (χ1v) is 7.84. The van der Waals surface area contributed by atoms with Crippen LogP contribution in [0.1, 0.15) is 5.56 Å². The van der Waals surface area contributed by atoms with Gasteiger partial charge in [-0.1, -0.05) is 18.2 Å². The molecule has 124 valence electrons. The first-order valence-electron chi connectivity index (χ1n) is 7.84. The zero-order chi connectivity index (χ0) is 16.4. The van der Waals surface area contributed by atoms with Gasteiger partial charge in [-0.15, -0.1) is 0 Å². The van der Waals surface area contributed by atoms with Crippen LogP contribution in [-0.4, -0.2) is 32.0 Å². The highest BCUT2D eigenvalue weighted by molar-refractivity contribution is 5.81. The Balaban J connectivity index is 1.30. The van der Waals surface area contributed by atoms with Gasteiger partial charge in [0.2, 0.25) is 12.9 Å². The topological polar surface area (TPSA) is 66.0 Å². The molecule has 2 aliphatic rings. The lowest BCUT2D eigenvalue weighted by atomic mass is 10.1. The summed E-state index contributed by atoms with van der Waals surface area (Å²) in [6.07, 6.45) is 0.0728. The van der Waals surface area contributed by atoms with Gasteiger partial charge in [-0.3, -0.25) is 4.79 Å². The Morgan fingerprint density at radius 2 is 1.79 bits per heavy atom. The molecule has 2 heterocycles. The van der Waals surface area contributed by atoms with Crippen LogP contribution in [0.2, 0.25) is 0 Å². The average molecular weight is 327 g/mol. The number of benzene rings is 2. The van der Waals surface area contributed by atoms with Crippen molar-refractivity contribution in [2.24, 2.45) is 0 Å². The van der Waals surface area contributed by atoms with Gasteiger partial charge in [-0.25, -0.2) is 0 Å². The second-order valence-corrected chi connectivity index (χ2v) is 5.59. The maximum Gasteiger partial charge on any atom is 0.264 e. The Morgan fingerprint density at radius 3 is 2.71 bits per heavy atom. The van der Waals surface area contributed by atoms with Crippen LogP contribution >= 0.6 is 0 Å². The van der Waals surface area contributed by atoms with Crippen LogP contribution in [0.3, 0.4) is 0 Å². The predicted octanol–water partition coefficient (Wildman–Crippen LogP) is 1.91. The number of rotatable bonds is 4. The lowest BCUT2D eigenvalue weighted by Crippen LogP contribution is -2.44. The van der Waals surface area contributed by atoms with Crippen molar-refractivity contribution in [2.45, 2.75) is 12.5 Å². The number of ether oxygens (including phenoxy) is 4. The van der Waals surface area contributed by atoms with Gasteiger partial charge in [0.15, 0.2) is 23.0 Å². The number of nitrogens with one attached hydrogen (secondary N) is 1. The molecule has 2 aliphatic heterocycles. The summed E-state index contributed by atoms with van der Waals surface area (Å²) < 4.78 is 21.9. The molecule has 0 spiro atoms.